The van der Waals surface area contributed by atoms with E-state index < -0.39 is 23.2 Å². The maximum atomic E-state index is 15.1. The van der Waals surface area contributed by atoms with Crippen molar-refractivity contribution in [3.8, 4) is 16.9 Å². The molecule has 2 atom stereocenters. The van der Waals surface area contributed by atoms with E-state index in [2.05, 4.69) is 15.0 Å². The van der Waals surface area contributed by atoms with E-state index in [0.29, 0.717) is 41.4 Å². The van der Waals surface area contributed by atoms with E-state index in [1.54, 1.807) is 29.2 Å². The Morgan fingerprint density at radius 2 is 1.63 bits per heavy atom. The van der Waals surface area contributed by atoms with Crippen molar-refractivity contribution in [2.75, 3.05) is 18.0 Å². The minimum absolute atomic E-state index is 0.0581. The minimum atomic E-state index is -0.636. The van der Waals surface area contributed by atoms with Gasteiger partial charge in [-0.3, -0.25) is 0 Å². The molecule has 0 N–H and O–H groups in total. The average molecular weight is 650 g/mol. The number of rotatable bonds is 5. The van der Waals surface area contributed by atoms with E-state index in [0.717, 1.165) is 0 Å². The van der Waals surface area contributed by atoms with Crippen LogP contribution in [-0.4, -0.2) is 66.3 Å². The molecule has 0 saturated carbocycles. The molecule has 12 heteroatoms. The first-order valence-corrected chi connectivity index (χ1v) is 16.0. The molecule has 0 aliphatic carbocycles. The molecule has 1 fully saturated rings. The molecule has 3 aromatic heterocycles. The topological polar surface area (TPSA) is 106 Å². The maximum absolute atomic E-state index is 15.1. The van der Waals surface area contributed by atoms with Crippen LogP contribution in [0.1, 0.15) is 85.5 Å². The van der Waals surface area contributed by atoms with Gasteiger partial charge in [-0.15, -0.1) is 0 Å². The quantitative estimate of drug-likeness (QED) is 0.225. The second-order valence-corrected chi connectivity index (χ2v) is 13.9. The van der Waals surface area contributed by atoms with Gasteiger partial charge < -0.3 is 14.5 Å². The molecule has 1 amide bonds. The summed E-state index contributed by atoms with van der Waals surface area (Å²) in [6, 6.07) is 7.44. The molecule has 1 aliphatic heterocycles. The summed E-state index contributed by atoms with van der Waals surface area (Å²) in [4.78, 5) is 49.7. The van der Waals surface area contributed by atoms with E-state index in [9.17, 15) is 9.59 Å². The molecule has 46 heavy (non-hydrogen) atoms. The summed E-state index contributed by atoms with van der Waals surface area (Å²) in [5.74, 6) is -0.230. The number of anilines is 1. The van der Waals surface area contributed by atoms with Crippen molar-refractivity contribution in [1.29, 1.82) is 0 Å². The third-order valence-electron chi connectivity index (χ3n) is 8.01. The molecule has 10 nitrogen and oxygen atoms in total. The molecular formula is C34H41ClFN7O3. The lowest BCUT2D eigenvalue weighted by Crippen LogP contribution is -2.59. The molecule has 0 radical (unpaired) electrons. The van der Waals surface area contributed by atoms with Gasteiger partial charge >= 0.3 is 11.8 Å². The molecular weight excluding hydrogens is 609 g/mol. The lowest BCUT2D eigenvalue weighted by molar-refractivity contribution is 0.0130. The fourth-order valence-electron chi connectivity index (χ4n) is 5.85. The van der Waals surface area contributed by atoms with Crippen molar-refractivity contribution in [3.63, 3.8) is 0 Å². The van der Waals surface area contributed by atoms with E-state index in [4.69, 9.17) is 21.3 Å². The Hall–Kier alpha value is -4.12. The highest BCUT2D eigenvalue weighted by Crippen LogP contribution is 2.37. The average Bonchev–Trinajstić information content (AvgIpc) is 2.97. The van der Waals surface area contributed by atoms with Gasteiger partial charge in [-0.25, -0.2) is 33.5 Å². The van der Waals surface area contributed by atoms with Gasteiger partial charge in [0.2, 0.25) is 0 Å². The number of piperazine rings is 1. The number of hydrogen-bond acceptors (Lipinski definition) is 8. The van der Waals surface area contributed by atoms with Gasteiger partial charge in [-0.1, -0.05) is 51.4 Å². The molecule has 244 valence electrons. The van der Waals surface area contributed by atoms with Crippen molar-refractivity contribution in [1.82, 2.24) is 29.4 Å². The van der Waals surface area contributed by atoms with Gasteiger partial charge in [-0.05, 0) is 64.7 Å². The zero-order valence-electron chi connectivity index (χ0n) is 27.8. The Bertz CT molecular complexity index is 1830. The van der Waals surface area contributed by atoms with Crippen molar-refractivity contribution in [2.45, 2.75) is 91.8 Å². The summed E-state index contributed by atoms with van der Waals surface area (Å²) in [6.07, 6.45) is 1.11. The molecule has 1 aromatic carbocycles. The molecule has 4 aromatic rings. The summed E-state index contributed by atoms with van der Waals surface area (Å²) < 4.78 is 22.2. The number of halogens is 2. The summed E-state index contributed by atoms with van der Waals surface area (Å²) in [6.45, 7) is 18.1. The number of ether oxygens (including phenoxy) is 1. The first-order chi connectivity index (χ1) is 21.6. The summed E-state index contributed by atoms with van der Waals surface area (Å²) in [7, 11) is 0. The van der Waals surface area contributed by atoms with Gasteiger partial charge in [0.05, 0.1) is 33.2 Å². The standard InChI is InChI=1S/C34H41ClFN7O3/c1-18(2)26-29(27(19(3)4)38-17-37-26)43-31-23(14-24(35)28(39-31)22-12-10-11-13-25(22)36)30(40-32(43)44)41-15-21(6)42(16-20(41)5)33(45)46-34(7,8)9/h10-14,17-21H,15-16H2,1-9H3/t20-,21+/m0/s1. The second-order valence-electron chi connectivity index (χ2n) is 13.5. The van der Waals surface area contributed by atoms with E-state index in [1.807, 2.05) is 67.2 Å². The molecule has 0 unspecified atom stereocenters. The van der Waals surface area contributed by atoms with Crippen molar-refractivity contribution in [2.24, 2.45) is 0 Å². The molecule has 1 saturated heterocycles. The van der Waals surface area contributed by atoms with Gasteiger partial charge in [0.1, 0.15) is 23.6 Å². The number of aromatic nitrogens is 5. The number of carbonyl (C=O) groups excluding carboxylic acids is 1. The number of carbonyl (C=O) groups is 1. The highest BCUT2D eigenvalue weighted by atomic mass is 35.5. The van der Waals surface area contributed by atoms with Gasteiger partial charge in [0.25, 0.3) is 0 Å². The minimum Gasteiger partial charge on any atom is -0.444 e. The fraction of sp³-hybridized carbons (Fsp3) is 0.471. The second kappa shape index (κ2) is 12.6. The van der Waals surface area contributed by atoms with E-state index in [1.165, 1.54) is 17.0 Å². The Morgan fingerprint density at radius 1 is 1.00 bits per heavy atom. The van der Waals surface area contributed by atoms with Crippen molar-refractivity contribution >= 4 is 34.5 Å². The van der Waals surface area contributed by atoms with Crippen LogP contribution in [0.4, 0.5) is 15.0 Å². The van der Waals surface area contributed by atoms with Crippen molar-refractivity contribution < 1.29 is 13.9 Å². The van der Waals surface area contributed by atoms with Gasteiger partial charge in [-0.2, -0.15) is 4.98 Å². The van der Waals surface area contributed by atoms with E-state index >= 15 is 4.39 Å². The number of hydrogen-bond donors (Lipinski definition) is 0. The summed E-state index contributed by atoms with van der Waals surface area (Å²) in [5.41, 5.74) is 1.27. The van der Waals surface area contributed by atoms with Crippen LogP contribution in [0.3, 0.4) is 0 Å². The van der Waals surface area contributed by atoms with Crippen LogP contribution >= 0.6 is 11.6 Å². The normalized spacial score (nSPS) is 17.3. The molecule has 1 aliphatic rings. The largest absolute Gasteiger partial charge is 0.444 e. The predicted octanol–water partition coefficient (Wildman–Crippen LogP) is 7.11. The molecule has 4 heterocycles. The Labute approximate surface area is 273 Å². The Balaban J connectivity index is 1.78. The monoisotopic (exact) mass is 649 g/mol. The van der Waals surface area contributed by atoms with Crippen LogP contribution in [0.15, 0.2) is 41.5 Å². The smallest absolute Gasteiger partial charge is 0.410 e. The third-order valence-corrected chi connectivity index (χ3v) is 8.30. The first kappa shape index (κ1) is 33.2. The van der Waals surface area contributed by atoms with Crippen LogP contribution in [-0.2, 0) is 4.74 Å². The van der Waals surface area contributed by atoms with Crippen molar-refractivity contribution in [3.05, 3.63) is 69.4 Å². The third kappa shape index (κ3) is 6.29. The number of pyridine rings is 1. The van der Waals surface area contributed by atoms with Crippen LogP contribution in [0.2, 0.25) is 5.02 Å². The maximum Gasteiger partial charge on any atom is 0.410 e. The lowest BCUT2D eigenvalue weighted by Gasteiger charge is -2.44. The molecule has 0 spiro atoms. The van der Waals surface area contributed by atoms with E-state index in [-0.39, 0.29) is 45.8 Å². The first-order valence-electron chi connectivity index (χ1n) is 15.6. The number of amides is 1. The van der Waals surface area contributed by atoms with Crippen LogP contribution in [0.25, 0.3) is 28.0 Å². The highest BCUT2D eigenvalue weighted by molar-refractivity contribution is 6.33. The van der Waals surface area contributed by atoms with Gasteiger partial charge in [0.15, 0.2) is 5.65 Å². The van der Waals surface area contributed by atoms with Gasteiger partial charge in [0, 0.05) is 30.7 Å². The van der Waals surface area contributed by atoms with Crippen LogP contribution < -0.4 is 10.6 Å². The molecule has 0 bridgehead atoms. The Kier molecular flexibility index (Phi) is 9.10. The zero-order valence-corrected chi connectivity index (χ0v) is 28.6. The summed E-state index contributed by atoms with van der Waals surface area (Å²) >= 11 is 6.86. The highest BCUT2D eigenvalue weighted by Gasteiger charge is 2.37. The zero-order chi connectivity index (χ0) is 33.7. The molecule has 5 rings (SSSR count). The predicted molar refractivity (Wildman–Crippen MR) is 179 cm³/mol. The SMILES string of the molecule is CC(C)c1ncnc(C(C)C)c1-n1c(=O)nc(N2C[C@@H](C)N(C(=O)OC(C)(C)C)C[C@@H]2C)c2cc(Cl)c(-c3ccccc3F)nc21. The Morgan fingerprint density at radius 3 is 2.22 bits per heavy atom. The van der Waals surface area contributed by atoms with Crippen LogP contribution in [0, 0.1) is 5.82 Å². The summed E-state index contributed by atoms with van der Waals surface area (Å²) in [5, 5.41) is 0.708. The number of benzene rings is 1. The number of nitrogens with zero attached hydrogens (tertiary/aromatic N) is 7. The fourth-order valence-corrected chi connectivity index (χ4v) is 6.10. The number of fused-ring (bicyclic) bond motifs is 1. The lowest BCUT2D eigenvalue weighted by atomic mass is 10.0. The van der Waals surface area contributed by atoms with Crippen LogP contribution in [0.5, 0.6) is 0 Å².